The molecule has 2 rings (SSSR count). The van der Waals surface area contributed by atoms with Crippen molar-refractivity contribution < 1.29 is 14.3 Å². The lowest BCUT2D eigenvalue weighted by molar-refractivity contribution is -0.159. The third-order valence-corrected chi connectivity index (χ3v) is 4.35. The van der Waals surface area contributed by atoms with Gasteiger partial charge in [-0.15, -0.1) is 0 Å². The van der Waals surface area contributed by atoms with Crippen LogP contribution in [0.5, 0.6) is 0 Å². The molecular weight excluding hydrogens is 352 g/mol. The average Bonchev–Trinajstić information content (AvgIpc) is 2.61. The van der Waals surface area contributed by atoms with Crippen LogP contribution >= 0.6 is 0 Å². The fourth-order valence-electron chi connectivity index (χ4n) is 2.95. The number of hydrogen-bond acceptors (Lipinski definition) is 4. The molecule has 2 aromatic rings. The zero-order chi connectivity index (χ0) is 20.7. The number of amides is 1. The molecule has 0 spiro atoms. The molecule has 0 aliphatic heterocycles. The van der Waals surface area contributed by atoms with E-state index in [0.29, 0.717) is 25.9 Å². The number of fused-ring (bicyclic) bond motifs is 1. The van der Waals surface area contributed by atoms with Crippen molar-refractivity contribution in [3.63, 3.8) is 0 Å². The van der Waals surface area contributed by atoms with Gasteiger partial charge in [0.25, 0.3) is 0 Å². The molecule has 0 saturated carbocycles. The highest BCUT2D eigenvalue weighted by atomic mass is 16.6. The molecule has 0 aliphatic carbocycles. The van der Waals surface area contributed by atoms with Gasteiger partial charge in [0.2, 0.25) is 5.91 Å². The van der Waals surface area contributed by atoms with Crippen LogP contribution in [0.4, 0.5) is 0 Å². The Balaban J connectivity index is 2.00. The van der Waals surface area contributed by atoms with E-state index in [1.165, 1.54) is 10.8 Å². The van der Waals surface area contributed by atoms with E-state index < -0.39 is 5.60 Å². The molecule has 28 heavy (non-hydrogen) atoms. The van der Waals surface area contributed by atoms with Crippen molar-refractivity contribution in [1.82, 2.24) is 9.80 Å². The van der Waals surface area contributed by atoms with Crippen LogP contribution in [0.3, 0.4) is 0 Å². The van der Waals surface area contributed by atoms with Gasteiger partial charge in [-0.3, -0.25) is 9.59 Å². The van der Waals surface area contributed by atoms with Gasteiger partial charge < -0.3 is 14.5 Å². The lowest BCUT2D eigenvalue weighted by Crippen LogP contribution is -2.42. The molecule has 0 aromatic heterocycles. The number of likely N-dealkylation sites (N-methyl/N-ethyl adjacent to an activating group) is 1. The Morgan fingerprint density at radius 1 is 0.964 bits per heavy atom. The second kappa shape index (κ2) is 9.69. The Kier molecular flexibility index (Phi) is 7.58. The quantitative estimate of drug-likeness (QED) is 0.654. The normalized spacial score (nSPS) is 11.6. The summed E-state index contributed by atoms with van der Waals surface area (Å²) in [4.78, 5) is 28.6. The number of ether oxygens (including phenoxy) is 1. The predicted molar refractivity (Wildman–Crippen MR) is 113 cm³/mol. The summed E-state index contributed by atoms with van der Waals surface area (Å²) in [7, 11) is 3.90. The van der Waals surface area contributed by atoms with Crippen molar-refractivity contribution in [3.8, 4) is 0 Å². The average molecular weight is 385 g/mol. The zero-order valence-corrected chi connectivity index (χ0v) is 17.7. The minimum absolute atomic E-state index is 0.0122. The first-order chi connectivity index (χ1) is 13.1. The van der Waals surface area contributed by atoms with E-state index in [1.54, 1.807) is 4.90 Å². The number of aryl methyl sites for hydroxylation is 1. The van der Waals surface area contributed by atoms with E-state index in [4.69, 9.17) is 4.74 Å². The Morgan fingerprint density at radius 3 is 2.29 bits per heavy atom. The first-order valence-electron chi connectivity index (χ1n) is 9.76. The van der Waals surface area contributed by atoms with Crippen molar-refractivity contribution >= 4 is 22.6 Å². The number of hydrogen-bond donors (Lipinski definition) is 0. The van der Waals surface area contributed by atoms with Crippen molar-refractivity contribution in [2.75, 3.05) is 33.7 Å². The molecule has 5 nitrogen and oxygen atoms in total. The molecule has 152 valence electrons. The van der Waals surface area contributed by atoms with Crippen molar-refractivity contribution in [1.29, 1.82) is 0 Å². The van der Waals surface area contributed by atoms with Crippen LogP contribution < -0.4 is 0 Å². The highest BCUT2D eigenvalue weighted by Crippen LogP contribution is 2.17. The number of nitrogens with zero attached hydrogens (tertiary/aromatic N) is 2. The third-order valence-electron chi connectivity index (χ3n) is 4.35. The Bertz CT molecular complexity index is 809. The minimum atomic E-state index is -0.557. The number of benzene rings is 2. The van der Waals surface area contributed by atoms with Gasteiger partial charge in [-0.1, -0.05) is 42.5 Å². The van der Waals surface area contributed by atoms with Crippen LogP contribution in [0.15, 0.2) is 42.5 Å². The van der Waals surface area contributed by atoms with E-state index in [0.717, 1.165) is 5.56 Å². The first kappa shape index (κ1) is 21.9. The molecule has 0 N–H and O–H groups in total. The van der Waals surface area contributed by atoms with E-state index in [-0.39, 0.29) is 18.4 Å². The maximum atomic E-state index is 12.8. The van der Waals surface area contributed by atoms with Gasteiger partial charge in [0.15, 0.2) is 0 Å². The molecule has 1 amide bonds. The standard InChI is InChI=1S/C23H32N2O3/c1-23(2,3)28-22(27)17-25(15-14-24(4)5)21(26)13-11-18-10-12-19-8-6-7-9-20(19)16-18/h6-10,12,16H,11,13-15,17H2,1-5H3. The van der Waals surface area contributed by atoms with Crippen LogP contribution in [-0.2, 0) is 20.7 Å². The van der Waals surface area contributed by atoms with Gasteiger partial charge in [0.05, 0.1) is 0 Å². The molecule has 0 heterocycles. The molecular formula is C23H32N2O3. The summed E-state index contributed by atoms with van der Waals surface area (Å²) in [6, 6.07) is 14.5. The number of esters is 1. The van der Waals surface area contributed by atoms with Crippen LogP contribution in [0.25, 0.3) is 10.8 Å². The smallest absolute Gasteiger partial charge is 0.326 e. The minimum Gasteiger partial charge on any atom is -0.459 e. The van der Waals surface area contributed by atoms with Gasteiger partial charge in [-0.25, -0.2) is 0 Å². The number of rotatable bonds is 8. The fraction of sp³-hybridized carbons (Fsp3) is 0.478. The van der Waals surface area contributed by atoms with E-state index in [9.17, 15) is 9.59 Å². The Hall–Kier alpha value is -2.40. The summed E-state index contributed by atoms with van der Waals surface area (Å²) < 4.78 is 5.39. The molecule has 5 heteroatoms. The van der Waals surface area contributed by atoms with E-state index in [2.05, 4.69) is 30.3 Å². The summed E-state index contributed by atoms with van der Waals surface area (Å²) in [5, 5.41) is 2.36. The maximum Gasteiger partial charge on any atom is 0.326 e. The zero-order valence-electron chi connectivity index (χ0n) is 17.7. The first-order valence-corrected chi connectivity index (χ1v) is 9.76. The topological polar surface area (TPSA) is 49.9 Å². The Labute approximate surface area is 168 Å². The summed E-state index contributed by atoms with van der Waals surface area (Å²) >= 11 is 0. The molecule has 0 unspecified atom stereocenters. The lowest BCUT2D eigenvalue weighted by atomic mass is 10.0. The third kappa shape index (κ3) is 7.31. The van der Waals surface area contributed by atoms with E-state index in [1.807, 2.05) is 51.9 Å². The van der Waals surface area contributed by atoms with Crippen molar-refractivity contribution in [2.24, 2.45) is 0 Å². The van der Waals surface area contributed by atoms with Gasteiger partial charge in [0.1, 0.15) is 12.1 Å². The van der Waals surface area contributed by atoms with Crippen LogP contribution in [0.1, 0.15) is 32.8 Å². The predicted octanol–water partition coefficient (Wildman–Crippen LogP) is 3.50. The number of carbonyl (C=O) groups excluding carboxylic acids is 2. The van der Waals surface area contributed by atoms with Gasteiger partial charge in [-0.2, -0.15) is 0 Å². The van der Waals surface area contributed by atoms with Crippen molar-refractivity contribution in [3.05, 3.63) is 48.0 Å². The largest absolute Gasteiger partial charge is 0.459 e. The van der Waals surface area contributed by atoms with E-state index >= 15 is 0 Å². The number of carbonyl (C=O) groups is 2. The molecule has 0 bridgehead atoms. The molecule has 0 aliphatic rings. The van der Waals surface area contributed by atoms with Crippen molar-refractivity contribution in [2.45, 2.75) is 39.2 Å². The molecule has 0 saturated heterocycles. The Morgan fingerprint density at radius 2 is 1.64 bits per heavy atom. The van der Waals surface area contributed by atoms with Gasteiger partial charge in [-0.05, 0) is 57.6 Å². The molecule has 0 radical (unpaired) electrons. The maximum absolute atomic E-state index is 12.8. The summed E-state index contributed by atoms with van der Waals surface area (Å²) in [5.41, 5.74) is 0.565. The molecule has 0 atom stereocenters. The van der Waals surface area contributed by atoms with Crippen LogP contribution in [0, 0.1) is 0 Å². The monoisotopic (exact) mass is 384 g/mol. The summed E-state index contributed by atoms with van der Waals surface area (Å²) in [5.74, 6) is -0.397. The second-order valence-corrected chi connectivity index (χ2v) is 8.39. The molecule has 2 aromatic carbocycles. The van der Waals surface area contributed by atoms with Gasteiger partial charge in [0, 0.05) is 19.5 Å². The summed E-state index contributed by atoms with van der Waals surface area (Å²) in [6.07, 6.45) is 1.02. The highest BCUT2D eigenvalue weighted by molar-refractivity contribution is 5.84. The van der Waals surface area contributed by atoms with Crippen LogP contribution in [0.2, 0.25) is 0 Å². The fourth-order valence-corrected chi connectivity index (χ4v) is 2.95. The van der Waals surface area contributed by atoms with Gasteiger partial charge >= 0.3 is 5.97 Å². The molecule has 0 fully saturated rings. The van der Waals surface area contributed by atoms with Crippen LogP contribution in [-0.4, -0.2) is 61.0 Å². The second-order valence-electron chi connectivity index (χ2n) is 8.39. The lowest BCUT2D eigenvalue weighted by Gasteiger charge is -2.26. The SMILES string of the molecule is CN(C)CCN(CC(=O)OC(C)(C)C)C(=O)CCc1ccc2ccccc2c1. The highest BCUT2D eigenvalue weighted by Gasteiger charge is 2.22. The summed E-state index contributed by atoms with van der Waals surface area (Å²) in [6.45, 7) is 6.68.